The van der Waals surface area contributed by atoms with Gasteiger partial charge in [-0.05, 0) is 16.7 Å². The monoisotopic (exact) mass is 378 g/mol. The molecule has 3 rings (SSSR count). The van der Waals surface area contributed by atoms with Gasteiger partial charge in [0.1, 0.15) is 5.41 Å². The zero-order valence-electron chi connectivity index (χ0n) is 15.7. The first kappa shape index (κ1) is 19.8. The molecule has 0 aliphatic rings. The first-order valence-corrected chi connectivity index (χ1v) is 8.80. The van der Waals surface area contributed by atoms with Crippen LogP contribution in [0.2, 0.25) is 0 Å². The highest BCUT2D eigenvalue weighted by atomic mass is 17.2. The maximum absolute atomic E-state index is 12.7. The fraction of sp³-hybridized carbons (Fsp3) is 0.174. The summed E-state index contributed by atoms with van der Waals surface area (Å²) in [6.07, 6.45) is 0. The highest BCUT2D eigenvalue weighted by molar-refractivity contribution is 5.82. The van der Waals surface area contributed by atoms with Gasteiger partial charge in [-0.1, -0.05) is 91.0 Å². The van der Waals surface area contributed by atoms with Gasteiger partial charge in [-0.15, -0.1) is 0 Å². The van der Waals surface area contributed by atoms with Crippen LogP contribution in [0.5, 0.6) is 0 Å². The topological polar surface area (TPSA) is 65.0 Å². The maximum Gasteiger partial charge on any atom is 0.369 e. The van der Waals surface area contributed by atoms with Crippen molar-refractivity contribution in [2.75, 3.05) is 14.2 Å². The predicted octanol–water partition coefficient (Wildman–Crippen LogP) is 4.03. The van der Waals surface area contributed by atoms with E-state index in [1.165, 1.54) is 14.2 Å². The number of benzene rings is 3. The van der Waals surface area contributed by atoms with Crippen LogP contribution >= 0.6 is 0 Å². The Morgan fingerprint density at radius 3 is 1.32 bits per heavy atom. The molecule has 0 saturated carbocycles. The van der Waals surface area contributed by atoms with Gasteiger partial charge in [0.15, 0.2) is 0 Å². The second-order valence-corrected chi connectivity index (χ2v) is 6.22. The Hall–Kier alpha value is -2.99. The number of ether oxygens (including phenoxy) is 1. The van der Waals surface area contributed by atoms with Crippen molar-refractivity contribution >= 4 is 5.97 Å². The number of hydrogen-bond acceptors (Lipinski definition) is 4. The van der Waals surface area contributed by atoms with E-state index in [1.807, 2.05) is 91.0 Å². The molecule has 0 bridgehead atoms. The average Bonchev–Trinajstić information content (AvgIpc) is 2.75. The van der Waals surface area contributed by atoms with Gasteiger partial charge in [-0.2, -0.15) is 4.89 Å². The normalized spacial score (nSPS) is 13.6. The Morgan fingerprint density at radius 1 is 0.714 bits per heavy atom. The van der Waals surface area contributed by atoms with Crippen molar-refractivity contribution in [3.8, 4) is 0 Å². The summed E-state index contributed by atoms with van der Waals surface area (Å²) >= 11 is 0. The summed E-state index contributed by atoms with van der Waals surface area (Å²) in [4.78, 5) is 23.1. The van der Waals surface area contributed by atoms with E-state index in [0.29, 0.717) is 16.7 Å². The van der Waals surface area contributed by atoms with Crippen molar-refractivity contribution in [1.82, 2.24) is 0 Å². The average molecular weight is 378 g/mol. The fourth-order valence-electron chi connectivity index (χ4n) is 3.78. The molecule has 5 nitrogen and oxygen atoms in total. The molecule has 5 heteroatoms. The molecule has 0 aromatic heterocycles. The minimum Gasteiger partial charge on any atom is -0.477 e. The number of rotatable bonds is 8. The highest BCUT2D eigenvalue weighted by Gasteiger charge is 2.63. The molecule has 0 saturated heterocycles. The standard InChI is InChI=1S/C23H22O5/c1-26-23(21(24)25,28-27-2)22(18-12-6-3-7-13-18,19-14-8-4-9-15-19)20-16-10-5-11-17-20/h3-17H,1-2H3,(H,24,25). The third-order valence-electron chi connectivity index (χ3n) is 4.88. The summed E-state index contributed by atoms with van der Waals surface area (Å²) in [5.41, 5.74) is 0.712. The van der Waals surface area contributed by atoms with Gasteiger partial charge < -0.3 is 9.84 Å². The van der Waals surface area contributed by atoms with Crippen LogP contribution in [0.25, 0.3) is 0 Å². The number of hydrogen-bond donors (Lipinski definition) is 1. The lowest BCUT2D eigenvalue weighted by Gasteiger charge is -2.46. The number of carbonyl (C=O) groups is 1. The minimum atomic E-state index is -2.19. The lowest BCUT2D eigenvalue weighted by atomic mass is 9.63. The Morgan fingerprint density at radius 2 is 1.07 bits per heavy atom. The van der Waals surface area contributed by atoms with Crippen molar-refractivity contribution in [2.45, 2.75) is 11.2 Å². The fourth-order valence-corrected chi connectivity index (χ4v) is 3.78. The van der Waals surface area contributed by atoms with Gasteiger partial charge in [-0.3, -0.25) is 0 Å². The maximum atomic E-state index is 12.7. The van der Waals surface area contributed by atoms with E-state index in [2.05, 4.69) is 0 Å². The van der Waals surface area contributed by atoms with Crippen molar-refractivity contribution in [1.29, 1.82) is 0 Å². The molecule has 0 aliphatic heterocycles. The summed E-state index contributed by atoms with van der Waals surface area (Å²) in [5.74, 6) is -3.50. The highest BCUT2D eigenvalue weighted by Crippen LogP contribution is 2.49. The smallest absolute Gasteiger partial charge is 0.369 e. The second-order valence-electron chi connectivity index (χ2n) is 6.22. The van der Waals surface area contributed by atoms with Crippen LogP contribution < -0.4 is 0 Å². The summed E-state index contributed by atoms with van der Waals surface area (Å²) in [7, 11) is 2.57. The van der Waals surface area contributed by atoms with Gasteiger partial charge in [0.05, 0.1) is 7.11 Å². The number of carboxylic acids is 1. The van der Waals surface area contributed by atoms with Crippen molar-refractivity contribution < 1.29 is 24.4 Å². The molecule has 3 aromatic rings. The van der Waals surface area contributed by atoms with E-state index in [9.17, 15) is 9.90 Å². The quantitative estimate of drug-likeness (QED) is 0.278. The van der Waals surface area contributed by atoms with Crippen LogP contribution in [0.1, 0.15) is 16.7 Å². The number of methoxy groups -OCH3 is 1. The summed E-state index contributed by atoms with van der Waals surface area (Å²) in [6.45, 7) is 0. The van der Waals surface area contributed by atoms with Gasteiger partial charge in [0.2, 0.25) is 0 Å². The third-order valence-corrected chi connectivity index (χ3v) is 4.88. The molecule has 0 fully saturated rings. The van der Waals surface area contributed by atoms with Crippen LogP contribution in [-0.2, 0) is 24.7 Å². The van der Waals surface area contributed by atoms with Crippen LogP contribution in [-0.4, -0.2) is 31.1 Å². The summed E-state index contributed by atoms with van der Waals surface area (Å²) in [5, 5.41) is 10.3. The van der Waals surface area contributed by atoms with Gasteiger partial charge in [-0.25, -0.2) is 9.68 Å². The molecule has 0 spiro atoms. The third kappa shape index (κ3) is 2.99. The zero-order chi connectivity index (χ0) is 20.0. The van der Waals surface area contributed by atoms with E-state index in [-0.39, 0.29) is 0 Å². The van der Waals surface area contributed by atoms with Crippen molar-refractivity contribution in [2.24, 2.45) is 0 Å². The molecular formula is C23H22O5. The zero-order valence-corrected chi connectivity index (χ0v) is 15.7. The van der Waals surface area contributed by atoms with Gasteiger partial charge in [0.25, 0.3) is 0 Å². The van der Waals surface area contributed by atoms with Crippen LogP contribution in [0.15, 0.2) is 91.0 Å². The number of carboxylic acid groups (broad SMARTS) is 1. The van der Waals surface area contributed by atoms with E-state index in [1.54, 1.807) is 0 Å². The molecule has 1 N–H and O–H groups in total. The van der Waals surface area contributed by atoms with Crippen LogP contribution in [0.4, 0.5) is 0 Å². The van der Waals surface area contributed by atoms with E-state index < -0.39 is 17.2 Å². The van der Waals surface area contributed by atoms with E-state index >= 15 is 0 Å². The lowest BCUT2D eigenvalue weighted by molar-refractivity contribution is -0.412. The largest absolute Gasteiger partial charge is 0.477 e. The number of aliphatic carboxylic acids is 1. The molecule has 0 aliphatic carbocycles. The van der Waals surface area contributed by atoms with Gasteiger partial charge >= 0.3 is 11.8 Å². The molecule has 0 amide bonds. The summed E-state index contributed by atoms with van der Waals surface area (Å²) < 4.78 is 5.62. The lowest BCUT2D eigenvalue weighted by Crippen LogP contribution is -2.61. The molecular weight excluding hydrogens is 356 g/mol. The Kier molecular flexibility index (Phi) is 5.90. The van der Waals surface area contributed by atoms with Crippen LogP contribution in [0.3, 0.4) is 0 Å². The van der Waals surface area contributed by atoms with Crippen molar-refractivity contribution in [3.05, 3.63) is 108 Å². The van der Waals surface area contributed by atoms with Gasteiger partial charge in [0, 0.05) is 7.11 Å². The Bertz CT molecular complexity index is 799. The first-order chi connectivity index (χ1) is 13.6. The molecule has 1 atom stereocenters. The molecule has 3 aromatic carbocycles. The van der Waals surface area contributed by atoms with E-state index in [0.717, 1.165) is 0 Å². The molecule has 0 radical (unpaired) electrons. The molecule has 0 heterocycles. The second kappa shape index (κ2) is 8.35. The van der Waals surface area contributed by atoms with Crippen LogP contribution in [0, 0.1) is 0 Å². The van der Waals surface area contributed by atoms with Crippen molar-refractivity contribution in [3.63, 3.8) is 0 Å². The molecule has 144 valence electrons. The first-order valence-electron chi connectivity index (χ1n) is 8.80. The summed E-state index contributed by atoms with van der Waals surface area (Å²) in [6, 6.07) is 27.9. The minimum absolute atomic E-state index is 0.689. The molecule has 1 unspecified atom stereocenters. The SMILES string of the molecule is COOC(OC)(C(=O)O)C(c1ccccc1)(c1ccccc1)c1ccccc1. The Labute approximate surface area is 164 Å². The van der Waals surface area contributed by atoms with E-state index in [4.69, 9.17) is 14.5 Å². The Balaban J connectivity index is 2.52. The molecule has 28 heavy (non-hydrogen) atoms. The predicted molar refractivity (Wildman–Crippen MR) is 105 cm³/mol.